The Balaban J connectivity index is 1.38. The van der Waals surface area contributed by atoms with E-state index in [4.69, 9.17) is 4.74 Å². The Morgan fingerprint density at radius 3 is 2.31 bits per heavy atom. The number of hydrogen-bond acceptors (Lipinski definition) is 4. The summed E-state index contributed by atoms with van der Waals surface area (Å²) in [5, 5.41) is 0. The molecule has 29 heavy (non-hydrogen) atoms. The summed E-state index contributed by atoms with van der Waals surface area (Å²) < 4.78 is 5.50. The van der Waals surface area contributed by atoms with Gasteiger partial charge in [0.05, 0.1) is 0 Å². The maximum absolute atomic E-state index is 12.9. The second-order valence-corrected chi connectivity index (χ2v) is 8.24. The second-order valence-electron chi connectivity index (χ2n) is 7.40. The van der Waals surface area contributed by atoms with Gasteiger partial charge in [0.15, 0.2) is 0 Å². The molecule has 2 heterocycles. The van der Waals surface area contributed by atoms with Gasteiger partial charge in [-0.25, -0.2) is 0 Å². The first-order valence-electron chi connectivity index (χ1n) is 10.1. The highest BCUT2D eigenvalue weighted by Crippen LogP contribution is 2.30. The summed E-state index contributed by atoms with van der Waals surface area (Å²) >= 11 is 1.72. The fraction of sp³-hybridized carbons (Fsp3) is 0.391. The van der Waals surface area contributed by atoms with Gasteiger partial charge in [0.1, 0.15) is 6.10 Å². The standard InChI is InChI=1S/C23H26N2O3S/c1-29-21-7-3-2-5-19(21)17-8-10-18(11-9-17)22(26)24-12-14-25(15-13-24)23(27)20-6-4-16-28-20/h2-3,5,7-11,20H,4,6,12-16H2,1H3/t20-/m0/s1. The molecule has 0 bridgehead atoms. The molecule has 2 aromatic carbocycles. The Hall–Kier alpha value is -2.31. The molecule has 2 aromatic rings. The highest BCUT2D eigenvalue weighted by Gasteiger charge is 2.31. The van der Waals surface area contributed by atoms with E-state index in [2.05, 4.69) is 18.4 Å². The van der Waals surface area contributed by atoms with Crippen molar-refractivity contribution in [2.45, 2.75) is 23.8 Å². The molecule has 2 aliphatic heterocycles. The number of thioether (sulfide) groups is 1. The van der Waals surface area contributed by atoms with Gasteiger partial charge < -0.3 is 14.5 Å². The van der Waals surface area contributed by atoms with Crippen LogP contribution in [0.2, 0.25) is 0 Å². The highest BCUT2D eigenvalue weighted by atomic mass is 32.2. The third-order valence-corrected chi connectivity index (χ3v) is 6.43. The van der Waals surface area contributed by atoms with Crippen LogP contribution in [0.15, 0.2) is 53.4 Å². The first kappa shape index (κ1) is 20.0. The summed E-state index contributed by atoms with van der Waals surface area (Å²) in [5.74, 6) is 0.102. The second kappa shape index (κ2) is 9.01. The SMILES string of the molecule is CSc1ccccc1-c1ccc(C(=O)N2CCN(C(=O)[C@@H]3CCCO3)CC2)cc1. The molecular weight excluding hydrogens is 384 g/mol. The van der Waals surface area contributed by atoms with Gasteiger partial charge in [-0.3, -0.25) is 9.59 Å². The summed E-state index contributed by atoms with van der Waals surface area (Å²) in [7, 11) is 0. The van der Waals surface area contributed by atoms with Gasteiger partial charge in [0.25, 0.3) is 11.8 Å². The van der Waals surface area contributed by atoms with E-state index < -0.39 is 0 Å². The fourth-order valence-electron chi connectivity index (χ4n) is 3.96. The third kappa shape index (κ3) is 4.33. The van der Waals surface area contributed by atoms with Gasteiger partial charge in [-0.2, -0.15) is 0 Å². The van der Waals surface area contributed by atoms with Crippen molar-refractivity contribution in [1.82, 2.24) is 9.80 Å². The molecule has 1 atom stereocenters. The van der Waals surface area contributed by atoms with Crippen molar-refractivity contribution < 1.29 is 14.3 Å². The van der Waals surface area contributed by atoms with Gasteiger partial charge in [-0.1, -0.05) is 30.3 Å². The van der Waals surface area contributed by atoms with E-state index in [1.165, 1.54) is 10.5 Å². The van der Waals surface area contributed by atoms with E-state index >= 15 is 0 Å². The number of piperazine rings is 1. The Labute approximate surface area is 176 Å². The zero-order valence-electron chi connectivity index (χ0n) is 16.7. The fourth-order valence-corrected chi connectivity index (χ4v) is 4.58. The van der Waals surface area contributed by atoms with Gasteiger partial charge in [0, 0.05) is 43.2 Å². The van der Waals surface area contributed by atoms with Crippen LogP contribution in [0.25, 0.3) is 11.1 Å². The Bertz CT molecular complexity index is 870. The van der Waals surface area contributed by atoms with Crippen LogP contribution in [0.3, 0.4) is 0 Å². The number of benzene rings is 2. The monoisotopic (exact) mass is 410 g/mol. The summed E-state index contributed by atoms with van der Waals surface area (Å²) in [6, 6.07) is 16.1. The lowest BCUT2D eigenvalue weighted by molar-refractivity contribution is -0.142. The van der Waals surface area contributed by atoms with E-state index in [1.54, 1.807) is 11.8 Å². The van der Waals surface area contributed by atoms with Crippen molar-refractivity contribution in [3.05, 3.63) is 54.1 Å². The molecular formula is C23H26N2O3S. The summed E-state index contributed by atoms with van der Waals surface area (Å²) in [5.41, 5.74) is 2.98. The van der Waals surface area contributed by atoms with Gasteiger partial charge in [0.2, 0.25) is 0 Å². The lowest BCUT2D eigenvalue weighted by Crippen LogP contribution is -2.52. The van der Waals surface area contributed by atoms with Crippen LogP contribution in [0.1, 0.15) is 23.2 Å². The van der Waals surface area contributed by atoms with Crippen molar-refractivity contribution in [2.24, 2.45) is 0 Å². The Morgan fingerprint density at radius 1 is 0.966 bits per heavy atom. The van der Waals surface area contributed by atoms with E-state index in [0.717, 1.165) is 18.4 Å². The van der Waals surface area contributed by atoms with Crippen LogP contribution in [0, 0.1) is 0 Å². The van der Waals surface area contributed by atoms with Gasteiger partial charge in [-0.05, 0) is 48.4 Å². The van der Waals surface area contributed by atoms with Gasteiger partial charge >= 0.3 is 0 Å². The molecule has 6 heteroatoms. The van der Waals surface area contributed by atoms with Crippen molar-refractivity contribution in [1.29, 1.82) is 0 Å². The van der Waals surface area contributed by atoms with Crippen molar-refractivity contribution in [3.63, 3.8) is 0 Å². The van der Waals surface area contributed by atoms with Crippen LogP contribution >= 0.6 is 11.8 Å². The quantitative estimate of drug-likeness (QED) is 0.724. The largest absolute Gasteiger partial charge is 0.368 e. The lowest BCUT2D eigenvalue weighted by atomic mass is 10.0. The van der Waals surface area contributed by atoms with E-state index in [1.807, 2.05) is 46.2 Å². The first-order valence-corrected chi connectivity index (χ1v) is 11.3. The zero-order valence-corrected chi connectivity index (χ0v) is 17.5. The average Bonchev–Trinajstić information content (AvgIpc) is 3.33. The maximum Gasteiger partial charge on any atom is 0.253 e. The van der Waals surface area contributed by atoms with E-state index in [0.29, 0.717) is 38.3 Å². The lowest BCUT2D eigenvalue weighted by Gasteiger charge is -2.35. The minimum Gasteiger partial charge on any atom is -0.368 e. The number of rotatable bonds is 4. The topological polar surface area (TPSA) is 49.9 Å². The van der Waals surface area contributed by atoms with Crippen LogP contribution in [-0.2, 0) is 9.53 Å². The van der Waals surface area contributed by atoms with Gasteiger partial charge in [-0.15, -0.1) is 11.8 Å². The molecule has 0 radical (unpaired) electrons. The Morgan fingerprint density at radius 2 is 1.66 bits per heavy atom. The average molecular weight is 411 g/mol. The third-order valence-electron chi connectivity index (χ3n) is 5.63. The molecule has 0 unspecified atom stereocenters. The predicted molar refractivity (Wildman–Crippen MR) is 115 cm³/mol. The molecule has 2 amide bonds. The predicted octanol–water partition coefficient (Wildman–Crippen LogP) is 3.54. The molecule has 2 saturated heterocycles. The molecule has 0 spiro atoms. The number of amides is 2. The molecule has 0 N–H and O–H groups in total. The first-order chi connectivity index (χ1) is 14.2. The maximum atomic E-state index is 12.9. The molecule has 0 aliphatic carbocycles. The summed E-state index contributed by atoms with van der Waals surface area (Å²) in [6.07, 6.45) is 3.55. The summed E-state index contributed by atoms with van der Waals surface area (Å²) in [6.45, 7) is 2.95. The number of hydrogen-bond donors (Lipinski definition) is 0. The smallest absolute Gasteiger partial charge is 0.253 e. The molecule has 2 fully saturated rings. The van der Waals surface area contributed by atoms with Crippen LogP contribution in [0.4, 0.5) is 0 Å². The zero-order chi connectivity index (χ0) is 20.2. The number of carbonyl (C=O) groups excluding carboxylic acids is 2. The molecule has 2 aliphatic rings. The molecule has 4 rings (SSSR count). The highest BCUT2D eigenvalue weighted by molar-refractivity contribution is 7.98. The molecule has 0 saturated carbocycles. The van der Waals surface area contributed by atoms with Crippen LogP contribution < -0.4 is 0 Å². The van der Waals surface area contributed by atoms with Crippen LogP contribution in [0.5, 0.6) is 0 Å². The van der Waals surface area contributed by atoms with E-state index in [-0.39, 0.29) is 17.9 Å². The minimum atomic E-state index is -0.283. The minimum absolute atomic E-state index is 0.0268. The van der Waals surface area contributed by atoms with Crippen molar-refractivity contribution >= 4 is 23.6 Å². The molecule has 152 valence electrons. The Kier molecular flexibility index (Phi) is 6.21. The molecule has 0 aromatic heterocycles. The summed E-state index contributed by atoms with van der Waals surface area (Å²) in [4.78, 5) is 30.3. The number of carbonyl (C=O) groups is 2. The normalized spacial score (nSPS) is 19.4. The van der Waals surface area contributed by atoms with Crippen molar-refractivity contribution in [3.8, 4) is 11.1 Å². The number of nitrogens with zero attached hydrogens (tertiary/aromatic N) is 2. The van der Waals surface area contributed by atoms with Crippen LogP contribution in [-0.4, -0.2) is 66.8 Å². The molecule has 5 nitrogen and oxygen atoms in total. The number of ether oxygens (including phenoxy) is 1. The van der Waals surface area contributed by atoms with Crippen molar-refractivity contribution in [2.75, 3.05) is 39.0 Å². The van der Waals surface area contributed by atoms with E-state index in [9.17, 15) is 9.59 Å².